The van der Waals surface area contributed by atoms with Crippen LogP contribution in [-0.4, -0.2) is 42.0 Å². The average Bonchev–Trinajstić information content (AvgIpc) is 2.94. The van der Waals surface area contributed by atoms with Crippen LogP contribution in [0.15, 0.2) is 48.0 Å². The van der Waals surface area contributed by atoms with Crippen LogP contribution < -0.4 is 0 Å². The van der Waals surface area contributed by atoms with Crippen molar-refractivity contribution < 1.29 is 19.4 Å². The summed E-state index contributed by atoms with van der Waals surface area (Å²) in [6.07, 6.45) is 0.607. The van der Waals surface area contributed by atoms with Gasteiger partial charge in [0.2, 0.25) is 0 Å². The average molecular weight is 393 g/mol. The van der Waals surface area contributed by atoms with Gasteiger partial charge in [-0.1, -0.05) is 42.0 Å². The Morgan fingerprint density at radius 1 is 1.07 bits per heavy atom. The lowest BCUT2D eigenvalue weighted by molar-refractivity contribution is -0.140. The number of rotatable bonds is 6. The molecule has 0 aliphatic carbocycles. The molecule has 0 spiro atoms. The number of aliphatic hydroxyl groups is 1. The number of carbonyl (C=O) groups is 2. The highest BCUT2D eigenvalue weighted by Gasteiger charge is 2.45. The molecule has 1 fully saturated rings. The van der Waals surface area contributed by atoms with Crippen LogP contribution in [0, 0.1) is 20.8 Å². The lowest BCUT2D eigenvalue weighted by atomic mass is 9.93. The van der Waals surface area contributed by atoms with Crippen molar-refractivity contribution >= 4 is 17.4 Å². The third-order valence-corrected chi connectivity index (χ3v) is 5.43. The number of benzene rings is 2. The van der Waals surface area contributed by atoms with Crippen LogP contribution in [0.4, 0.5) is 0 Å². The van der Waals surface area contributed by atoms with Crippen molar-refractivity contribution in [2.75, 3.05) is 20.3 Å². The van der Waals surface area contributed by atoms with Gasteiger partial charge in [0, 0.05) is 25.8 Å². The van der Waals surface area contributed by atoms with Gasteiger partial charge in [-0.3, -0.25) is 9.59 Å². The van der Waals surface area contributed by atoms with Gasteiger partial charge in [-0.05, 0) is 49.9 Å². The Morgan fingerprint density at radius 2 is 1.83 bits per heavy atom. The molecular formula is C24H27NO4. The maximum atomic E-state index is 12.9. The fraction of sp³-hybridized carbons (Fsp3) is 0.333. The van der Waals surface area contributed by atoms with E-state index in [0.717, 1.165) is 22.3 Å². The predicted molar refractivity (Wildman–Crippen MR) is 113 cm³/mol. The van der Waals surface area contributed by atoms with Gasteiger partial charge in [-0.2, -0.15) is 0 Å². The van der Waals surface area contributed by atoms with Crippen LogP contribution in [0.2, 0.25) is 0 Å². The number of likely N-dealkylation sites (tertiary alicyclic amines) is 1. The fourth-order valence-electron chi connectivity index (χ4n) is 3.72. The molecular weight excluding hydrogens is 366 g/mol. The van der Waals surface area contributed by atoms with E-state index < -0.39 is 17.7 Å². The Morgan fingerprint density at radius 3 is 2.48 bits per heavy atom. The minimum atomic E-state index is -0.648. The molecule has 2 aromatic rings. The van der Waals surface area contributed by atoms with Crippen molar-refractivity contribution in [1.29, 1.82) is 0 Å². The van der Waals surface area contributed by atoms with E-state index in [1.807, 2.05) is 57.2 Å². The molecule has 2 aromatic carbocycles. The molecule has 0 radical (unpaired) electrons. The molecule has 1 unspecified atom stereocenters. The third kappa shape index (κ3) is 4.10. The summed E-state index contributed by atoms with van der Waals surface area (Å²) >= 11 is 0. The van der Waals surface area contributed by atoms with Gasteiger partial charge >= 0.3 is 0 Å². The predicted octanol–water partition coefficient (Wildman–Crippen LogP) is 4.07. The number of ether oxygens (including phenoxy) is 1. The highest BCUT2D eigenvalue weighted by molar-refractivity contribution is 6.46. The number of aliphatic hydroxyl groups excluding tert-OH is 1. The Balaban J connectivity index is 2.14. The van der Waals surface area contributed by atoms with Crippen LogP contribution in [0.25, 0.3) is 5.76 Å². The zero-order valence-electron chi connectivity index (χ0n) is 17.4. The van der Waals surface area contributed by atoms with E-state index in [0.29, 0.717) is 25.1 Å². The Hall–Kier alpha value is -2.92. The number of ketones is 1. The zero-order valence-corrected chi connectivity index (χ0v) is 17.4. The summed E-state index contributed by atoms with van der Waals surface area (Å²) in [5.41, 5.74) is 4.62. The van der Waals surface area contributed by atoms with Gasteiger partial charge in [0.15, 0.2) is 0 Å². The first-order valence-corrected chi connectivity index (χ1v) is 9.76. The minimum Gasteiger partial charge on any atom is -0.507 e. The molecule has 0 bridgehead atoms. The Kier molecular flexibility index (Phi) is 6.18. The molecule has 1 heterocycles. The van der Waals surface area contributed by atoms with Crippen molar-refractivity contribution in [2.45, 2.75) is 33.2 Å². The molecule has 1 amide bonds. The van der Waals surface area contributed by atoms with Gasteiger partial charge in [-0.25, -0.2) is 0 Å². The topological polar surface area (TPSA) is 66.8 Å². The number of methoxy groups -OCH3 is 1. The summed E-state index contributed by atoms with van der Waals surface area (Å²) in [7, 11) is 1.60. The van der Waals surface area contributed by atoms with Gasteiger partial charge < -0.3 is 14.7 Å². The molecule has 29 heavy (non-hydrogen) atoms. The number of hydrogen-bond acceptors (Lipinski definition) is 4. The van der Waals surface area contributed by atoms with E-state index in [1.54, 1.807) is 18.1 Å². The first-order chi connectivity index (χ1) is 13.8. The van der Waals surface area contributed by atoms with E-state index in [4.69, 9.17) is 4.74 Å². The summed E-state index contributed by atoms with van der Waals surface area (Å²) in [6, 6.07) is 12.6. The molecule has 1 saturated heterocycles. The molecule has 152 valence electrons. The molecule has 0 saturated carbocycles. The molecule has 1 atom stereocenters. The zero-order chi connectivity index (χ0) is 21.1. The van der Waals surface area contributed by atoms with Gasteiger partial charge in [0.25, 0.3) is 11.7 Å². The van der Waals surface area contributed by atoms with E-state index in [1.165, 1.54) is 0 Å². The number of aryl methyl sites for hydroxylation is 3. The number of carbonyl (C=O) groups excluding carboxylic acids is 2. The number of nitrogens with zero attached hydrogens (tertiary/aromatic N) is 1. The molecule has 1 aliphatic heterocycles. The molecule has 0 aromatic heterocycles. The normalized spacial score (nSPS) is 18.5. The molecule has 1 N–H and O–H groups in total. The maximum Gasteiger partial charge on any atom is 0.295 e. The first kappa shape index (κ1) is 20.8. The summed E-state index contributed by atoms with van der Waals surface area (Å²) in [6.45, 7) is 6.76. The summed E-state index contributed by atoms with van der Waals surface area (Å²) in [5.74, 6) is -1.37. The second-order valence-corrected chi connectivity index (χ2v) is 7.55. The van der Waals surface area contributed by atoms with Crippen LogP contribution in [0.3, 0.4) is 0 Å². The van der Waals surface area contributed by atoms with E-state index in [2.05, 4.69) is 0 Å². The van der Waals surface area contributed by atoms with Gasteiger partial charge in [0.05, 0.1) is 11.6 Å². The van der Waals surface area contributed by atoms with Gasteiger partial charge in [0.1, 0.15) is 5.76 Å². The second-order valence-electron chi connectivity index (χ2n) is 7.55. The van der Waals surface area contributed by atoms with Crippen molar-refractivity contribution in [1.82, 2.24) is 4.90 Å². The van der Waals surface area contributed by atoms with Crippen molar-refractivity contribution in [2.24, 2.45) is 0 Å². The first-order valence-electron chi connectivity index (χ1n) is 9.76. The molecule has 1 aliphatic rings. The van der Waals surface area contributed by atoms with Crippen molar-refractivity contribution in [3.63, 3.8) is 0 Å². The number of Topliss-reactive ketones (excluding diaryl/α,β-unsaturated/α-hetero) is 1. The summed E-state index contributed by atoms with van der Waals surface area (Å²) in [4.78, 5) is 27.3. The molecule has 5 heteroatoms. The Bertz CT molecular complexity index is 977. The Labute approximate surface area is 171 Å². The van der Waals surface area contributed by atoms with Crippen molar-refractivity contribution in [3.8, 4) is 0 Å². The van der Waals surface area contributed by atoms with Gasteiger partial charge in [-0.15, -0.1) is 0 Å². The minimum absolute atomic E-state index is 0.132. The van der Waals surface area contributed by atoms with Crippen LogP contribution in [0.1, 0.15) is 40.3 Å². The standard InChI is InChI=1S/C24H27NO4/c1-15-7-5-8-18(13-15)21-20(22(26)19-10-9-16(2)17(3)14-19)23(27)24(28)25(21)11-6-12-29-4/h5,7-10,13-14,21,26H,6,11-12H2,1-4H3/b22-20-. The summed E-state index contributed by atoms with van der Waals surface area (Å²) in [5, 5.41) is 11.1. The van der Waals surface area contributed by atoms with E-state index in [9.17, 15) is 14.7 Å². The third-order valence-electron chi connectivity index (χ3n) is 5.43. The van der Waals surface area contributed by atoms with E-state index in [-0.39, 0.29) is 11.3 Å². The van der Waals surface area contributed by atoms with E-state index >= 15 is 0 Å². The monoisotopic (exact) mass is 393 g/mol. The maximum absolute atomic E-state index is 12.9. The SMILES string of the molecule is COCCCN1C(=O)C(=O)/C(=C(\O)c2ccc(C)c(C)c2)C1c1cccc(C)c1. The van der Waals surface area contributed by atoms with Crippen LogP contribution in [-0.2, 0) is 14.3 Å². The quantitative estimate of drug-likeness (QED) is 0.348. The number of amides is 1. The fourth-order valence-corrected chi connectivity index (χ4v) is 3.72. The highest BCUT2D eigenvalue weighted by Crippen LogP contribution is 2.39. The molecule has 5 nitrogen and oxygen atoms in total. The smallest absolute Gasteiger partial charge is 0.295 e. The lowest BCUT2D eigenvalue weighted by Crippen LogP contribution is -2.31. The number of hydrogen-bond donors (Lipinski definition) is 1. The van der Waals surface area contributed by atoms with Crippen LogP contribution in [0.5, 0.6) is 0 Å². The van der Waals surface area contributed by atoms with Crippen molar-refractivity contribution in [3.05, 3.63) is 75.9 Å². The second kappa shape index (κ2) is 8.62. The molecule has 3 rings (SSSR count). The largest absolute Gasteiger partial charge is 0.507 e. The lowest BCUT2D eigenvalue weighted by Gasteiger charge is -2.25. The van der Waals surface area contributed by atoms with Crippen LogP contribution >= 0.6 is 0 Å². The highest BCUT2D eigenvalue weighted by atomic mass is 16.5. The summed E-state index contributed by atoms with van der Waals surface area (Å²) < 4.78 is 5.11.